The van der Waals surface area contributed by atoms with Crippen LogP contribution in [0.1, 0.15) is 57.3 Å². The maximum atomic E-state index is 12.2. The van der Waals surface area contributed by atoms with Gasteiger partial charge in [-0.3, -0.25) is 4.68 Å². The van der Waals surface area contributed by atoms with Gasteiger partial charge in [-0.25, -0.2) is 4.79 Å². The van der Waals surface area contributed by atoms with E-state index in [1.54, 1.807) is 4.90 Å². The summed E-state index contributed by atoms with van der Waals surface area (Å²) in [4.78, 5) is 14.0. The van der Waals surface area contributed by atoms with E-state index in [0.29, 0.717) is 6.54 Å². The van der Waals surface area contributed by atoms with Crippen LogP contribution in [0.5, 0.6) is 0 Å². The standard InChI is InChI=1S/C16H24BrN3O2/c1-16(2,3)22-15(21)19-9-8-11(10-19)20-13-7-5-4-6-12(13)14(17)18-20/h11H,4-10H2,1-3H3/t11-/m0/s1. The molecule has 122 valence electrons. The second kappa shape index (κ2) is 5.87. The Balaban J connectivity index is 1.72. The molecule has 0 spiro atoms. The highest BCUT2D eigenvalue weighted by Crippen LogP contribution is 2.32. The Hall–Kier alpha value is -1.04. The smallest absolute Gasteiger partial charge is 0.410 e. The Bertz CT molecular complexity index is 577. The zero-order valence-corrected chi connectivity index (χ0v) is 15.1. The first-order valence-corrected chi connectivity index (χ1v) is 8.88. The van der Waals surface area contributed by atoms with Crippen molar-refractivity contribution in [2.75, 3.05) is 13.1 Å². The van der Waals surface area contributed by atoms with Gasteiger partial charge in [0.05, 0.1) is 6.04 Å². The van der Waals surface area contributed by atoms with E-state index < -0.39 is 5.60 Å². The van der Waals surface area contributed by atoms with Crippen LogP contribution in [0.3, 0.4) is 0 Å². The highest BCUT2D eigenvalue weighted by Gasteiger charge is 2.33. The maximum absolute atomic E-state index is 12.2. The molecule has 5 nitrogen and oxygen atoms in total. The van der Waals surface area contributed by atoms with Gasteiger partial charge in [-0.1, -0.05) is 0 Å². The van der Waals surface area contributed by atoms with Crippen molar-refractivity contribution < 1.29 is 9.53 Å². The van der Waals surface area contributed by atoms with E-state index in [1.807, 2.05) is 20.8 Å². The highest BCUT2D eigenvalue weighted by atomic mass is 79.9. The second-order valence-electron chi connectivity index (χ2n) is 7.24. The number of hydrogen-bond acceptors (Lipinski definition) is 3. The topological polar surface area (TPSA) is 47.4 Å². The van der Waals surface area contributed by atoms with Gasteiger partial charge in [0, 0.05) is 24.3 Å². The molecule has 0 unspecified atom stereocenters. The summed E-state index contributed by atoms with van der Waals surface area (Å²) < 4.78 is 8.61. The van der Waals surface area contributed by atoms with Crippen molar-refractivity contribution in [3.63, 3.8) is 0 Å². The van der Waals surface area contributed by atoms with Gasteiger partial charge in [0.15, 0.2) is 0 Å². The Morgan fingerprint density at radius 3 is 2.77 bits per heavy atom. The van der Waals surface area contributed by atoms with Crippen LogP contribution >= 0.6 is 15.9 Å². The lowest BCUT2D eigenvalue weighted by molar-refractivity contribution is 0.0288. The van der Waals surface area contributed by atoms with Gasteiger partial charge in [0.1, 0.15) is 10.2 Å². The van der Waals surface area contributed by atoms with E-state index in [9.17, 15) is 4.79 Å². The summed E-state index contributed by atoms with van der Waals surface area (Å²) in [6.07, 6.45) is 5.41. The molecule has 2 heterocycles. The molecule has 22 heavy (non-hydrogen) atoms. The van der Waals surface area contributed by atoms with E-state index in [-0.39, 0.29) is 12.1 Å². The van der Waals surface area contributed by atoms with Crippen LogP contribution < -0.4 is 0 Å². The van der Waals surface area contributed by atoms with Gasteiger partial charge in [0.25, 0.3) is 0 Å². The summed E-state index contributed by atoms with van der Waals surface area (Å²) in [5, 5.41) is 4.70. The number of nitrogens with zero attached hydrogens (tertiary/aromatic N) is 3. The van der Waals surface area contributed by atoms with Crippen LogP contribution in [0.2, 0.25) is 0 Å². The zero-order chi connectivity index (χ0) is 15.9. The van der Waals surface area contributed by atoms with E-state index in [2.05, 4.69) is 20.6 Å². The van der Waals surface area contributed by atoms with Crippen molar-refractivity contribution >= 4 is 22.0 Å². The van der Waals surface area contributed by atoms with Crippen LogP contribution in [-0.4, -0.2) is 39.5 Å². The molecule has 2 aliphatic rings. The van der Waals surface area contributed by atoms with Crippen LogP contribution in [0.15, 0.2) is 4.60 Å². The van der Waals surface area contributed by atoms with Crippen molar-refractivity contribution in [3.8, 4) is 0 Å². The molecule has 1 aromatic rings. The lowest BCUT2D eigenvalue weighted by Gasteiger charge is -2.24. The number of rotatable bonds is 1. The van der Waals surface area contributed by atoms with Gasteiger partial charge < -0.3 is 9.64 Å². The summed E-state index contributed by atoms with van der Waals surface area (Å²) in [6.45, 7) is 7.14. The fourth-order valence-electron chi connectivity index (χ4n) is 3.32. The largest absolute Gasteiger partial charge is 0.444 e. The van der Waals surface area contributed by atoms with E-state index in [1.165, 1.54) is 24.1 Å². The molecule has 1 aromatic heterocycles. The molecule has 0 radical (unpaired) electrons. The van der Waals surface area contributed by atoms with Crippen LogP contribution in [0.4, 0.5) is 4.79 Å². The van der Waals surface area contributed by atoms with Crippen LogP contribution in [0.25, 0.3) is 0 Å². The number of likely N-dealkylation sites (tertiary alicyclic amines) is 1. The lowest BCUT2D eigenvalue weighted by atomic mass is 9.98. The number of halogens is 1. The molecule has 1 aliphatic heterocycles. The van der Waals surface area contributed by atoms with Crippen molar-refractivity contribution in [1.29, 1.82) is 0 Å². The van der Waals surface area contributed by atoms with Crippen LogP contribution in [-0.2, 0) is 17.6 Å². The van der Waals surface area contributed by atoms with Crippen molar-refractivity contribution in [2.45, 2.75) is 64.5 Å². The molecular weight excluding hydrogens is 346 g/mol. The zero-order valence-electron chi connectivity index (χ0n) is 13.6. The van der Waals surface area contributed by atoms with Gasteiger partial charge in [-0.15, -0.1) is 0 Å². The van der Waals surface area contributed by atoms with Crippen molar-refractivity contribution in [2.24, 2.45) is 0 Å². The SMILES string of the molecule is CC(C)(C)OC(=O)N1CC[C@H](n2nc(Br)c3c2CCCC3)C1. The molecule has 6 heteroatoms. The molecule has 1 fully saturated rings. The van der Waals surface area contributed by atoms with E-state index in [0.717, 1.165) is 30.4 Å². The predicted octanol–water partition coefficient (Wildman–Crippen LogP) is 3.71. The molecule has 0 N–H and O–H groups in total. The molecule has 1 aliphatic carbocycles. The van der Waals surface area contributed by atoms with E-state index >= 15 is 0 Å². The molecule has 3 rings (SSSR count). The summed E-state index contributed by atoms with van der Waals surface area (Å²) in [7, 11) is 0. The van der Waals surface area contributed by atoms with Gasteiger partial charge in [0.2, 0.25) is 0 Å². The minimum atomic E-state index is -0.441. The Morgan fingerprint density at radius 2 is 2.05 bits per heavy atom. The summed E-state index contributed by atoms with van der Waals surface area (Å²) >= 11 is 3.60. The van der Waals surface area contributed by atoms with Gasteiger partial charge in [-0.05, 0) is 68.8 Å². The molecule has 0 bridgehead atoms. The number of aromatic nitrogens is 2. The monoisotopic (exact) mass is 369 g/mol. The molecule has 1 amide bonds. The fraction of sp³-hybridized carbons (Fsp3) is 0.750. The lowest BCUT2D eigenvalue weighted by Crippen LogP contribution is -2.35. The number of carbonyl (C=O) groups is 1. The Labute approximate surface area is 140 Å². The average Bonchev–Trinajstić information content (AvgIpc) is 3.03. The first-order chi connectivity index (χ1) is 10.3. The Morgan fingerprint density at radius 1 is 1.32 bits per heavy atom. The quantitative estimate of drug-likeness (QED) is 0.757. The molecule has 0 saturated carbocycles. The number of hydrogen-bond donors (Lipinski definition) is 0. The minimum absolute atomic E-state index is 0.213. The summed E-state index contributed by atoms with van der Waals surface area (Å²) in [5.74, 6) is 0. The maximum Gasteiger partial charge on any atom is 0.410 e. The van der Waals surface area contributed by atoms with Crippen LogP contribution in [0, 0.1) is 0 Å². The number of carbonyl (C=O) groups excluding carboxylic acids is 1. The Kier molecular flexibility index (Phi) is 4.23. The molecule has 1 saturated heterocycles. The third kappa shape index (κ3) is 3.16. The molecule has 0 aromatic carbocycles. The first-order valence-electron chi connectivity index (χ1n) is 8.09. The fourth-order valence-corrected chi connectivity index (χ4v) is 3.91. The summed E-state index contributed by atoms with van der Waals surface area (Å²) in [5.41, 5.74) is 2.28. The third-order valence-corrected chi connectivity index (χ3v) is 4.96. The molecular formula is C16H24BrN3O2. The number of ether oxygens (including phenoxy) is 1. The second-order valence-corrected chi connectivity index (χ2v) is 7.99. The van der Waals surface area contributed by atoms with E-state index in [4.69, 9.17) is 9.84 Å². The highest BCUT2D eigenvalue weighted by molar-refractivity contribution is 9.10. The van der Waals surface area contributed by atoms with Gasteiger partial charge >= 0.3 is 6.09 Å². The summed E-state index contributed by atoms with van der Waals surface area (Å²) in [6, 6.07) is 0.269. The van der Waals surface area contributed by atoms with Gasteiger partial charge in [-0.2, -0.15) is 5.10 Å². The van der Waals surface area contributed by atoms with Crippen molar-refractivity contribution in [3.05, 3.63) is 15.9 Å². The first kappa shape index (κ1) is 15.8. The number of amides is 1. The third-order valence-electron chi connectivity index (χ3n) is 4.32. The molecule has 1 atom stereocenters. The normalized spacial score (nSPS) is 21.8. The number of fused-ring (bicyclic) bond motifs is 1. The van der Waals surface area contributed by atoms with Crippen molar-refractivity contribution in [1.82, 2.24) is 14.7 Å². The minimum Gasteiger partial charge on any atom is -0.444 e. The predicted molar refractivity (Wildman–Crippen MR) is 88.0 cm³/mol. The average molecular weight is 370 g/mol.